The summed E-state index contributed by atoms with van der Waals surface area (Å²) < 4.78 is 5.52. The van der Waals surface area contributed by atoms with E-state index in [1.54, 1.807) is 7.11 Å². The number of rotatable bonds is 7. The lowest BCUT2D eigenvalue weighted by molar-refractivity contribution is -0.388. The quantitative estimate of drug-likeness (QED) is 0.674. The van der Waals surface area contributed by atoms with Crippen LogP contribution in [-0.4, -0.2) is 22.8 Å². The largest absolute Gasteiger partial charge is 0.490 e. The number of hydrogen-bond acceptors (Lipinski definition) is 1. The van der Waals surface area contributed by atoms with E-state index in [-0.39, 0.29) is 0 Å². The Morgan fingerprint density at radius 1 is 1.29 bits per heavy atom. The van der Waals surface area contributed by atoms with Crippen molar-refractivity contribution in [2.45, 2.75) is 39.5 Å². The molecule has 24 heavy (non-hydrogen) atoms. The molecule has 0 saturated carbocycles. The summed E-state index contributed by atoms with van der Waals surface area (Å²) in [6.45, 7) is 4.39. The van der Waals surface area contributed by atoms with Crippen LogP contribution >= 0.6 is 0 Å². The lowest BCUT2D eigenvalue weighted by Gasteiger charge is -1.97. The van der Waals surface area contributed by atoms with Crippen molar-refractivity contribution in [3.8, 4) is 0 Å². The minimum Gasteiger partial charge on any atom is -0.490 e. The molecule has 3 N–H and O–H groups in total. The second-order valence-corrected chi connectivity index (χ2v) is 6.23. The molecule has 1 aliphatic heterocycles. The van der Waals surface area contributed by atoms with Gasteiger partial charge in [0.25, 0.3) is 0 Å². The number of unbranched alkanes of at least 4 members (excludes halogenated alkanes) is 2. The van der Waals surface area contributed by atoms with Crippen molar-refractivity contribution >= 4 is 11.8 Å². The van der Waals surface area contributed by atoms with Crippen LogP contribution in [0, 0.1) is 6.92 Å². The number of allylic oxidation sites excluding steroid dienone is 1. The second-order valence-electron chi connectivity index (χ2n) is 6.23. The minimum atomic E-state index is 0.847. The number of hydrogen-bond donors (Lipinski definition) is 3. The van der Waals surface area contributed by atoms with Crippen molar-refractivity contribution in [2.24, 2.45) is 0 Å². The molecule has 3 heterocycles. The van der Waals surface area contributed by atoms with E-state index in [1.807, 2.05) is 24.4 Å². The zero-order valence-electron chi connectivity index (χ0n) is 14.7. The van der Waals surface area contributed by atoms with Crippen molar-refractivity contribution in [3.63, 3.8) is 0 Å². The van der Waals surface area contributed by atoms with E-state index in [2.05, 4.69) is 41.0 Å². The molecule has 0 radical (unpaired) electrons. The van der Waals surface area contributed by atoms with Gasteiger partial charge in [-0.05, 0) is 43.5 Å². The van der Waals surface area contributed by atoms with Gasteiger partial charge in [-0.1, -0.05) is 19.8 Å². The van der Waals surface area contributed by atoms with Gasteiger partial charge in [0.05, 0.1) is 13.2 Å². The Morgan fingerprint density at radius 2 is 2.17 bits per heavy atom. The predicted molar refractivity (Wildman–Crippen MR) is 97.7 cm³/mol. The van der Waals surface area contributed by atoms with Gasteiger partial charge in [-0.15, -0.1) is 0 Å². The summed E-state index contributed by atoms with van der Waals surface area (Å²) in [6.07, 6.45) is 11.0. The molecule has 3 rings (SSSR count). The summed E-state index contributed by atoms with van der Waals surface area (Å²) in [7, 11) is 1.70. The first kappa shape index (κ1) is 16.4. The molecule has 0 aliphatic carbocycles. The van der Waals surface area contributed by atoms with Gasteiger partial charge in [-0.3, -0.25) is 0 Å². The maximum Gasteiger partial charge on any atom is 0.248 e. The molecule has 0 fully saturated rings. The van der Waals surface area contributed by atoms with Crippen molar-refractivity contribution in [2.75, 3.05) is 7.11 Å². The summed E-state index contributed by atoms with van der Waals surface area (Å²) in [5.74, 6) is 0.847. The molecular formula is C20H26N3O+. The number of aryl methyl sites for hydroxylation is 2. The Bertz CT molecular complexity index is 776. The average molecular weight is 324 g/mol. The van der Waals surface area contributed by atoms with Gasteiger partial charge >= 0.3 is 0 Å². The van der Waals surface area contributed by atoms with Crippen LogP contribution in [0.15, 0.2) is 41.9 Å². The number of ether oxygens (including phenoxy) is 1. The molecule has 0 saturated heterocycles. The van der Waals surface area contributed by atoms with E-state index >= 15 is 0 Å². The van der Waals surface area contributed by atoms with Crippen LogP contribution in [0.5, 0.6) is 0 Å². The molecule has 4 heteroatoms. The van der Waals surface area contributed by atoms with E-state index in [1.165, 1.54) is 30.5 Å². The summed E-state index contributed by atoms with van der Waals surface area (Å²) in [5.41, 5.74) is 6.82. The Morgan fingerprint density at radius 3 is 2.88 bits per heavy atom. The van der Waals surface area contributed by atoms with Crippen LogP contribution in [0.2, 0.25) is 0 Å². The van der Waals surface area contributed by atoms with Crippen molar-refractivity contribution in [3.05, 3.63) is 64.6 Å². The molecule has 126 valence electrons. The fourth-order valence-electron chi connectivity index (χ4n) is 3.06. The summed E-state index contributed by atoms with van der Waals surface area (Å²) in [5, 5.41) is 0. The first-order valence-electron chi connectivity index (χ1n) is 8.65. The smallest absolute Gasteiger partial charge is 0.248 e. The van der Waals surface area contributed by atoms with E-state index in [0.717, 1.165) is 35.0 Å². The van der Waals surface area contributed by atoms with Gasteiger partial charge in [0.15, 0.2) is 5.76 Å². The Kier molecular flexibility index (Phi) is 5.04. The Balaban J connectivity index is 1.83. The molecule has 0 spiro atoms. The van der Waals surface area contributed by atoms with Gasteiger partial charge in [0, 0.05) is 23.7 Å². The van der Waals surface area contributed by atoms with Crippen LogP contribution < -0.4 is 4.99 Å². The second kappa shape index (κ2) is 7.39. The molecule has 0 bridgehead atoms. The van der Waals surface area contributed by atoms with Gasteiger partial charge in [0.1, 0.15) is 5.69 Å². The van der Waals surface area contributed by atoms with Gasteiger partial charge in [0.2, 0.25) is 11.4 Å². The first-order chi connectivity index (χ1) is 11.7. The molecule has 0 amide bonds. The molecular weight excluding hydrogens is 298 g/mol. The van der Waals surface area contributed by atoms with Crippen molar-refractivity contribution in [1.29, 1.82) is 0 Å². The maximum atomic E-state index is 5.52. The summed E-state index contributed by atoms with van der Waals surface area (Å²) in [4.78, 5) is 10.1. The highest BCUT2D eigenvalue weighted by molar-refractivity contribution is 6.05. The average Bonchev–Trinajstić information content (AvgIpc) is 3.28. The topological polar surface area (TPSA) is 54.8 Å². The molecule has 0 aromatic carbocycles. The van der Waals surface area contributed by atoms with Crippen molar-refractivity contribution < 1.29 is 9.73 Å². The van der Waals surface area contributed by atoms with Gasteiger partial charge < -0.3 is 14.7 Å². The molecule has 1 aliphatic rings. The van der Waals surface area contributed by atoms with E-state index in [4.69, 9.17) is 4.74 Å². The minimum absolute atomic E-state index is 0.847. The highest BCUT2D eigenvalue weighted by atomic mass is 16.5. The standard InChI is InChI=1S/C20H25N3O/c1-4-5-6-8-15-11-16(22-14(15)2)12-19-20(24-3)13-18(23-19)17-9-7-10-21-17/h7,9-13,21-22H,4-6,8H2,1-3H3/p+1/b19-12-. The van der Waals surface area contributed by atoms with Crippen molar-refractivity contribution in [1.82, 2.24) is 9.97 Å². The zero-order valence-corrected chi connectivity index (χ0v) is 14.7. The fourth-order valence-corrected chi connectivity index (χ4v) is 3.06. The molecule has 4 nitrogen and oxygen atoms in total. The van der Waals surface area contributed by atoms with E-state index in [0.29, 0.717) is 0 Å². The summed E-state index contributed by atoms with van der Waals surface area (Å²) in [6, 6.07) is 6.28. The number of nitrogens with one attached hydrogen (secondary N) is 3. The number of H-pyrrole nitrogens is 2. The van der Waals surface area contributed by atoms with E-state index in [9.17, 15) is 0 Å². The van der Waals surface area contributed by atoms with E-state index < -0.39 is 0 Å². The lowest BCUT2D eigenvalue weighted by Crippen LogP contribution is -2.68. The SMILES string of the molecule is CCCCCc1cc(/C=C2\[NH+]=C(c3ccc[nH]3)C=C2OC)[nH]c1C. The third-order valence-corrected chi connectivity index (χ3v) is 4.41. The molecule has 2 aromatic heterocycles. The summed E-state index contributed by atoms with van der Waals surface area (Å²) >= 11 is 0. The monoisotopic (exact) mass is 324 g/mol. The first-order valence-corrected chi connectivity index (χ1v) is 8.65. The highest BCUT2D eigenvalue weighted by Crippen LogP contribution is 2.18. The van der Waals surface area contributed by atoms with Crippen LogP contribution in [0.3, 0.4) is 0 Å². The molecule has 0 atom stereocenters. The zero-order chi connectivity index (χ0) is 16.9. The Hall–Kier alpha value is -2.49. The lowest BCUT2D eigenvalue weighted by atomic mass is 10.1. The highest BCUT2D eigenvalue weighted by Gasteiger charge is 2.24. The molecule has 2 aromatic rings. The predicted octanol–water partition coefficient (Wildman–Crippen LogP) is 2.84. The number of aromatic nitrogens is 2. The third kappa shape index (κ3) is 3.53. The van der Waals surface area contributed by atoms with Gasteiger partial charge in [-0.2, -0.15) is 0 Å². The number of methoxy groups -OCH3 is 1. The van der Waals surface area contributed by atoms with Crippen LogP contribution in [0.4, 0.5) is 0 Å². The normalized spacial score (nSPS) is 15.7. The number of aromatic amines is 2. The van der Waals surface area contributed by atoms with Crippen LogP contribution in [-0.2, 0) is 11.2 Å². The third-order valence-electron chi connectivity index (χ3n) is 4.41. The van der Waals surface area contributed by atoms with Gasteiger partial charge in [-0.25, -0.2) is 4.99 Å². The van der Waals surface area contributed by atoms with Crippen LogP contribution in [0.25, 0.3) is 6.08 Å². The maximum absolute atomic E-state index is 5.52. The fraction of sp³-hybridized carbons (Fsp3) is 0.350. The molecule has 0 unspecified atom stereocenters. The Labute approximate surface area is 143 Å². The van der Waals surface area contributed by atoms with Crippen LogP contribution in [0.1, 0.15) is 48.8 Å².